The molecule has 0 saturated carbocycles. The number of thioether (sulfide) groups is 1. The first kappa shape index (κ1) is 18.5. The summed E-state index contributed by atoms with van der Waals surface area (Å²) in [6.45, 7) is 0.151. The highest BCUT2D eigenvalue weighted by atomic mass is 32.2. The summed E-state index contributed by atoms with van der Waals surface area (Å²) >= 11 is 1.17. The largest absolute Gasteiger partial charge is 0.497 e. The van der Waals surface area contributed by atoms with E-state index in [1.165, 1.54) is 11.8 Å². The maximum Gasteiger partial charge on any atom is 0.159 e. The van der Waals surface area contributed by atoms with E-state index in [1.54, 1.807) is 31.4 Å². The summed E-state index contributed by atoms with van der Waals surface area (Å²) in [6.07, 6.45) is 0.954. The smallest absolute Gasteiger partial charge is 0.159 e. The van der Waals surface area contributed by atoms with E-state index < -0.39 is 11.8 Å². The van der Waals surface area contributed by atoms with Crippen molar-refractivity contribution in [1.29, 1.82) is 5.41 Å². The minimum atomic E-state index is -0.853. The van der Waals surface area contributed by atoms with Crippen LogP contribution in [0.15, 0.2) is 53.4 Å². The van der Waals surface area contributed by atoms with Crippen molar-refractivity contribution in [3.63, 3.8) is 0 Å². The normalized spacial score (nSPS) is 21.0. The average molecular weight is 372 g/mol. The molecule has 0 amide bonds. The second-order valence-electron chi connectivity index (χ2n) is 5.65. The summed E-state index contributed by atoms with van der Waals surface area (Å²) < 4.78 is 10.8. The first-order valence-electron chi connectivity index (χ1n) is 8.00. The molecule has 0 spiro atoms. The van der Waals surface area contributed by atoms with E-state index in [1.807, 2.05) is 30.3 Å². The number of hydrogen-bond donors (Lipinski definition) is 4. The summed E-state index contributed by atoms with van der Waals surface area (Å²) in [6, 6.07) is 14.6. The van der Waals surface area contributed by atoms with Crippen LogP contribution in [0.5, 0.6) is 11.5 Å². The monoisotopic (exact) mass is 372 g/mol. The molecule has 3 rings (SSSR count). The molecule has 1 heterocycles. The van der Waals surface area contributed by atoms with Gasteiger partial charge in [-0.25, -0.2) is 0 Å². The molecule has 0 aliphatic carbocycles. The number of hydrogen-bond acceptors (Lipinski definition) is 7. The predicted molar refractivity (Wildman–Crippen MR) is 102 cm³/mol. The van der Waals surface area contributed by atoms with Gasteiger partial charge in [-0.1, -0.05) is 36.0 Å². The van der Waals surface area contributed by atoms with E-state index in [4.69, 9.17) is 14.9 Å². The molecule has 4 N–H and O–H groups in total. The second-order valence-corrected chi connectivity index (χ2v) is 6.81. The van der Waals surface area contributed by atoms with Gasteiger partial charge in [0, 0.05) is 10.5 Å². The Bertz CT molecular complexity index is 807. The van der Waals surface area contributed by atoms with Crippen LogP contribution in [0, 0.1) is 5.41 Å². The Morgan fingerprint density at radius 1 is 1.19 bits per heavy atom. The number of aliphatic hydroxyl groups excluding tert-OH is 2. The topological polar surface area (TPSA) is 94.8 Å². The zero-order valence-corrected chi connectivity index (χ0v) is 15.0. The maximum atomic E-state index is 9.75. The minimum Gasteiger partial charge on any atom is -0.497 e. The summed E-state index contributed by atoms with van der Waals surface area (Å²) in [4.78, 5) is 0.658. The van der Waals surface area contributed by atoms with E-state index in [-0.39, 0.29) is 6.61 Å². The molecule has 1 fully saturated rings. The van der Waals surface area contributed by atoms with Crippen molar-refractivity contribution in [2.24, 2.45) is 0 Å². The van der Waals surface area contributed by atoms with Gasteiger partial charge in [-0.05, 0) is 35.9 Å². The van der Waals surface area contributed by atoms with Crippen molar-refractivity contribution >= 4 is 23.5 Å². The zero-order valence-electron chi connectivity index (χ0n) is 14.2. The van der Waals surface area contributed by atoms with Crippen LogP contribution in [-0.2, 0) is 0 Å². The molecule has 2 aromatic carbocycles. The number of benzene rings is 2. The van der Waals surface area contributed by atoms with Crippen molar-refractivity contribution < 1.29 is 19.7 Å². The third kappa shape index (κ3) is 4.64. The van der Waals surface area contributed by atoms with E-state index >= 15 is 0 Å². The molecule has 1 saturated heterocycles. The molecule has 7 heteroatoms. The highest BCUT2D eigenvalue weighted by Crippen LogP contribution is 2.30. The fourth-order valence-corrected chi connectivity index (χ4v) is 3.29. The van der Waals surface area contributed by atoms with Gasteiger partial charge in [0.05, 0.1) is 12.8 Å². The number of rotatable bonds is 6. The lowest BCUT2D eigenvalue weighted by atomic mass is 10.1. The molecule has 1 aliphatic rings. The molecule has 0 aromatic heterocycles. The number of nitrogens with one attached hydrogen (secondary N) is 2. The Balaban J connectivity index is 1.59. The van der Waals surface area contributed by atoms with E-state index in [0.29, 0.717) is 22.1 Å². The van der Waals surface area contributed by atoms with Crippen LogP contribution in [0.1, 0.15) is 11.1 Å². The van der Waals surface area contributed by atoms with Crippen LogP contribution >= 0.6 is 11.8 Å². The summed E-state index contributed by atoms with van der Waals surface area (Å²) in [5.74, 6) is 1.36. The van der Waals surface area contributed by atoms with Gasteiger partial charge < -0.3 is 25.1 Å². The maximum absolute atomic E-state index is 9.75. The van der Waals surface area contributed by atoms with Gasteiger partial charge in [0.1, 0.15) is 24.3 Å². The van der Waals surface area contributed by atoms with Crippen molar-refractivity contribution in [1.82, 2.24) is 5.32 Å². The lowest BCUT2D eigenvalue weighted by molar-refractivity contribution is 0.127. The third-order valence-electron chi connectivity index (χ3n) is 3.81. The number of methoxy groups -OCH3 is 1. The summed E-state index contributed by atoms with van der Waals surface area (Å²) in [5, 5.41) is 29.9. The van der Waals surface area contributed by atoms with Crippen molar-refractivity contribution in [3.05, 3.63) is 64.6 Å². The molecule has 2 unspecified atom stereocenters. The second kappa shape index (κ2) is 8.37. The standard InChI is InChI=1S/C19H20N2O4S/c1-24-15-4-2-3-13(10-15)16(20)11-25-14-7-5-12(6-8-14)9-17-18(22)21-19(23)26-17/h2-10,18-23H,11H2,1H3/b17-9-,20-16?. The Hall–Kier alpha value is -2.32. The first-order chi connectivity index (χ1) is 12.5. The van der Waals surface area contributed by atoms with Crippen LogP contribution in [-0.4, -0.2) is 41.4 Å². The Morgan fingerprint density at radius 3 is 2.62 bits per heavy atom. The average Bonchev–Trinajstić information content (AvgIpc) is 2.97. The van der Waals surface area contributed by atoms with E-state index in [2.05, 4.69) is 5.32 Å². The van der Waals surface area contributed by atoms with E-state index in [0.717, 1.165) is 11.1 Å². The number of ether oxygens (including phenoxy) is 2. The van der Waals surface area contributed by atoms with Crippen molar-refractivity contribution in [2.45, 2.75) is 11.8 Å². The van der Waals surface area contributed by atoms with Gasteiger partial charge in [-0.3, -0.25) is 5.32 Å². The van der Waals surface area contributed by atoms with Crippen LogP contribution in [0.4, 0.5) is 0 Å². The fraction of sp³-hybridized carbons (Fsp3) is 0.211. The SMILES string of the molecule is COc1cccc(C(=N)COc2ccc(/C=C3\SC(O)NC3O)cc2)c1. The molecule has 0 radical (unpaired) electrons. The van der Waals surface area contributed by atoms with Crippen LogP contribution in [0.2, 0.25) is 0 Å². The lowest BCUT2D eigenvalue weighted by Gasteiger charge is -2.09. The Labute approximate surface area is 156 Å². The van der Waals surface area contributed by atoms with Gasteiger partial charge >= 0.3 is 0 Å². The first-order valence-corrected chi connectivity index (χ1v) is 8.88. The van der Waals surface area contributed by atoms with Gasteiger partial charge in [-0.2, -0.15) is 0 Å². The zero-order chi connectivity index (χ0) is 18.5. The molecular weight excluding hydrogens is 352 g/mol. The van der Waals surface area contributed by atoms with Crippen LogP contribution in [0.3, 0.4) is 0 Å². The van der Waals surface area contributed by atoms with E-state index in [9.17, 15) is 10.2 Å². The highest BCUT2D eigenvalue weighted by molar-refractivity contribution is 8.03. The molecule has 26 heavy (non-hydrogen) atoms. The highest BCUT2D eigenvalue weighted by Gasteiger charge is 2.25. The van der Waals surface area contributed by atoms with Gasteiger partial charge in [0.15, 0.2) is 5.56 Å². The Morgan fingerprint density at radius 2 is 1.96 bits per heavy atom. The molecule has 6 nitrogen and oxygen atoms in total. The summed E-state index contributed by atoms with van der Waals surface area (Å²) in [5.41, 5.74) is 1.21. The summed E-state index contributed by atoms with van der Waals surface area (Å²) in [7, 11) is 1.59. The van der Waals surface area contributed by atoms with Crippen molar-refractivity contribution in [2.75, 3.05) is 13.7 Å². The van der Waals surface area contributed by atoms with Gasteiger partial charge in [0.25, 0.3) is 0 Å². The predicted octanol–water partition coefficient (Wildman–Crippen LogP) is 2.41. The van der Waals surface area contributed by atoms with Crippen LogP contribution in [0.25, 0.3) is 6.08 Å². The molecule has 136 valence electrons. The molecular formula is C19H20N2O4S. The third-order valence-corrected chi connectivity index (χ3v) is 4.78. The van der Waals surface area contributed by atoms with Crippen LogP contribution < -0.4 is 14.8 Å². The molecule has 0 bridgehead atoms. The number of aliphatic hydroxyl groups is 2. The molecule has 2 aromatic rings. The quantitative estimate of drug-likeness (QED) is 0.582. The van der Waals surface area contributed by atoms with Crippen molar-refractivity contribution in [3.8, 4) is 11.5 Å². The minimum absolute atomic E-state index is 0.151. The Kier molecular flexibility index (Phi) is 5.95. The fourth-order valence-electron chi connectivity index (χ4n) is 2.43. The molecule has 1 aliphatic heterocycles. The van der Waals surface area contributed by atoms with Gasteiger partial charge in [0.2, 0.25) is 0 Å². The lowest BCUT2D eigenvalue weighted by Crippen LogP contribution is -2.28. The molecule has 2 atom stereocenters. The van der Waals surface area contributed by atoms with Gasteiger partial charge in [-0.15, -0.1) is 0 Å².